The molecule has 1 fully saturated rings. The van der Waals surface area contributed by atoms with Gasteiger partial charge in [0, 0.05) is 24.5 Å². The van der Waals surface area contributed by atoms with Gasteiger partial charge in [0.2, 0.25) is 0 Å². The first-order valence-corrected chi connectivity index (χ1v) is 11.1. The fraction of sp³-hybridized carbons (Fsp3) is 0.222. The Balaban J connectivity index is 1.80. The van der Waals surface area contributed by atoms with Crippen LogP contribution >= 0.6 is 0 Å². The molecule has 1 N–H and O–H groups in total. The van der Waals surface area contributed by atoms with Crippen molar-refractivity contribution >= 4 is 17.4 Å². The van der Waals surface area contributed by atoms with E-state index in [1.54, 1.807) is 12.1 Å². The lowest BCUT2D eigenvalue weighted by atomic mass is 9.95. The third-order valence-corrected chi connectivity index (χ3v) is 5.63. The van der Waals surface area contributed by atoms with Gasteiger partial charge < -0.3 is 14.7 Å². The molecule has 1 aliphatic rings. The molecule has 0 spiro atoms. The molecule has 0 aliphatic carbocycles. The van der Waals surface area contributed by atoms with E-state index in [4.69, 9.17) is 4.74 Å². The number of likely N-dealkylation sites (tertiary alicyclic amines) is 1. The number of pyridine rings is 1. The van der Waals surface area contributed by atoms with Crippen LogP contribution in [0.3, 0.4) is 0 Å². The van der Waals surface area contributed by atoms with Gasteiger partial charge in [-0.15, -0.1) is 0 Å². The van der Waals surface area contributed by atoms with Gasteiger partial charge in [-0.3, -0.25) is 14.6 Å². The van der Waals surface area contributed by atoms with Crippen molar-refractivity contribution < 1.29 is 19.4 Å². The fourth-order valence-corrected chi connectivity index (χ4v) is 3.94. The lowest BCUT2D eigenvalue weighted by Crippen LogP contribution is -2.29. The molecule has 1 unspecified atom stereocenters. The van der Waals surface area contributed by atoms with Crippen molar-refractivity contribution in [1.29, 1.82) is 0 Å². The molecule has 2 aromatic carbocycles. The van der Waals surface area contributed by atoms with Gasteiger partial charge >= 0.3 is 0 Å². The van der Waals surface area contributed by atoms with Gasteiger partial charge in [0.25, 0.3) is 11.7 Å². The summed E-state index contributed by atoms with van der Waals surface area (Å²) in [5.41, 5.74) is 2.09. The molecular weight excluding hydrogens is 416 g/mol. The maximum absolute atomic E-state index is 13.1. The quantitative estimate of drug-likeness (QED) is 0.233. The van der Waals surface area contributed by atoms with Crippen molar-refractivity contribution in [1.82, 2.24) is 9.88 Å². The summed E-state index contributed by atoms with van der Waals surface area (Å²) < 4.78 is 5.86. The summed E-state index contributed by atoms with van der Waals surface area (Å²) >= 11 is 0. The summed E-state index contributed by atoms with van der Waals surface area (Å²) in [6, 6.07) is 19.3. The Kier molecular flexibility index (Phi) is 6.83. The Morgan fingerprint density at radius 3 is 2.52 bits per heavy atom. The predicted molar refractivity (Wildman–Crippen MR) is 125 cm³/mol. The Hall–Kier alpha value is -3.93. The van der Waals surface area contributed by atoms with Gasteiger partial charge in [0.15, 0.2) is 0 Å². The Bertz CT molecular complexity index is 1160. The zero-order valence-corrected chi connectivity index (χ0v) is 18.5. The average molecular weight is 443 g/mol. The maximum atomic E-state index is 13.1. The molecule has 4 rings (SSSR count). The first-order chi connectivity index (χ1) is 16.1. The first kappa shape index (κ1) is 22.3. The van der Waals surface area contributed by atoms with Crippen molar-refractivity contribution in [3.05, 3.63) is 101 Å². The van der Waals surface area contributed by atoms with Gasteiger partial charge in [0.05, 0.1) is 18.2 Å². The highest BCUT2D eigenvalue weighted by Gasteiger charge is 2.46. The van der Waals surface area contributed by atoms with E-state index >= 15 is 0 Å². The number of rotatable bonds is 8. The molecule has 1 atom stereocenters. The number of ether oxygens (including phenoxy) is 1. The normalized spacial score (nSPS) is 17.4. The lowest BCUT2D eigenvalue weighted by Gasteiger charge is -2.26. The van der Waals surface area contributed by atoms with E-state index in [9.17, 15) is 14.7 Å². The fourth-order valence-electron chi connectivity index (χ4n) is 3.94. The number of aromatic nitrogens is 1. The minimum absolute atomic E-state index is 0.0628. The van der Waals surface area contributed by atoms with Gasteiger partial charge in [-0.25, -0.2) is 0 Å². The Morgan fingerprint density at radius 1 is 1.03 bits per heavy atom. The minimum Gasteiger partial charge on any atom is -0.507 e. The standard InChI is InChI=1S/C27H26N2O4/c1-2-3-16-33-22-11-7-10-21(17-22)24-23(25(30)20-12-14-28-15-13-20)26(31)27(32)29(24)18-19-8-5-4-6-9-19/h4-15,17,24,30H,2-3,16,18H2,1H3/b25-23+. The molecule has 0 bridgehead atoms. The van der Waals surface area contributed by atoms with Crippen LogP contribution in [-0.4, -0.2) is 33.3 Å². The van der Waals surface area contributed by atoms with Crippen LogP contribution in [0.5, 0.6) is 5.75 Å². The van der Waals surface area contributed by atoms with Crippen LogP contribution in [0.25, 0.3) is 5.76 Å². The van der Waals surface area contributed by atoms with E-state index in [0.717, 1.165) is 18.4 Å². The molecule has 6 nitrogen and oxygen atoms in total. The zero-order valence-electron chi connectivity index (χ0n) is 18.5. The number of hydrogen-bond acceptors (Lipinski definition) is 5. The smallest absolute Gasteiger partial charge is 0.295 e. The minimum atomic E-state index is -0.743. The van der Waals surface area contributed by atoms with Crippen molar-refractivity contribution in [2.75, 3.05) is 6.61 Å². The van der Waals surface area contributed by atoms with Crippen LogP contribution in [0.4, 0.5) is 0 Å². The van der Waals surface area contributed by atoms with Crippen LogP contribution < -0.4 is 4.74 Å². The molecule has 1 aromatic heterocycles. The number of ketones is 1. The van der Waals surface area contributed by atoms with E-state index in [1.165, 1.54) is 17.3 Å². The molecule has 2 heterocycles. The number of carbonyl (C=O) groups excluding carboxylic acids is 2. The third kappa shape index (κ3) is 4.80. The number of benzene rings is 2. The number of hydrogen-bond donors (Lipinski definition) is 1. The number of unbranched alkanes of at least 4 members (excludes halogenated alkanes) is 1. The van der Waals surface area contributed by atoms with Crippen LogP contribution in [0.1, 0.15) is 42.5 Å². The molecule has 1 saturated heterocycles. The summed E-state index contributed by atoms with van der Waals surface area (Å²) in [7, 11) is 0. The number of amides is 1. The summed E-state index contributed by atoms with van der Waals surface area (Å²) in [5, 5.41) is 11.1. The van der Waals surface area contributed by atoms with Gasteiger partial charge in [0.1, 0.15) is 11.5 Å². The topological polar surface area (TPSA) is 79.7 Å². The van der Waals surface area contributed by atoms with Crippen molar-refractivity contribution in [3.8, 4) is 5.75 Å². The SMILES string of the molecule is CCCCOc1cccc(C2/C(=C(\O)c3ccncc3)C(=O)C(=O)N2Cc2ccccc2)c1. The van der Waals surface area contributed by atoms with Crippen LogP contribution in [0.2, 0.25) is 0 Å². The van der Waals surface area contributed by atoms with E-state index in [1.807, 2.05) is 54.6 Å². The summed E-state index contributed by atoms with van der Waals surface area (Å²) in [6.45, 7) is 2.92. The summed E-state index contributed by atoms with van der Waals surface area (Å²) in [4.78, 5) is 31.7. The molecule has 1 aliphatic heterocycles. The van der Waals surface area contributed by atoms with Crippen LogP contribution in [0.15, 0.2) is 84.7 Å². The van der Waals surface area contributed by atoms with E-state index in [-0.39, 0.29) is 17.9 Å². The number of aliphatic hydroxyl groups excluding tert-OH is 1. The van der Waals surface area contributed by atoms with Crippen LogP contribution in [-0.2, 0) is 16.1 Å². The van der Waals surface area contributed by atoms with Crippen molar-refractivity contribution in [2.24, 2.45) is 0 Å². The third-order valence-electron chi connectivity index (χ3n) is 5.63. The highest BCUT2D eigenvalue weighted by molar-refractivity contribution is 6.46. The zero-order chi connectivity index (χ0) is 23.2. The molecule has 6 heteroatoms. The summed E-state index contributed by atoms with van der Waals surface area (Å²) in [5.74, 6) is -0.900. The highest BCUT2D eigenvalue weighted by Crippen LogP contribution is 2.41. The maximum Gasteiger partial charge on any atom is 0.295 e. The molecule has 168 valence electrons. The molecule has 33 heavy (non-hydrogen) atoms. The largest absolute Gasteiger partial charge is 0.507 e. The first-order valence-electron chi connectivity index (χ1n) is 11.1. The average Bonchev–Trinajstić information content (AvgIpc) is 3.10. The van der Waals surface area contributed by atoms with E-state index in [0.29, 0.717) is 23.5 Å². The molecule has 3 aromatic rings. The Morgan fingerprint density at radius 2 is 1.79 bits per heavy atom. The van der Waals surface area contributed by atoms with Crippen molar-refractivity contribution in [2.45, 2.75) is 32.4 Å². The number of Topliss-reactive ketones (excluding diaryl/α,β-unsaturated/α-hetero) is 1. The second-order valence-electron chi connectivity index (χ2n) is 7.92. The second-order valence-corrected chi connectivity index (χ2v) is 7.92. The number of carbonyl (C=O) groups is 2. The Labute approximate surface area is 193 Å². The lowest BCUT2D eigenvalue weighted by molar-refractivity contribution is -0.140. The van der Waals surface area contributed by atoms with Gasteiger partial charge in [-0.2, -0.15) is 0 Å². The van der Waals surface area contributed by atoms with Crippen LogP contribution in [0, 0.1) is 0 Å². The summed E-state index contributed by atoms with van der Waals surface area (Å²) in [6.07, 6.45) is 5.01. The molecule has 1 amide bonds. The van der Waals surface area contributed by atoms with E-state index in [2.05, 4.69) is 11.9 Å². The molecule has 0 radical (unpaired) electrons. The number of aliphatic hydroxyl groups is 1. The molecular formula is C27H26N2O4. The monoisotopic (exact) mass is 442 g/mol. The second kappa shape index (κ2) is 10.1. The van der Waals surface area contributed by atoms with E-state index < -0.39 is 17.7 Å². The highest BCUT2D eigenvalue weighted by atomic mass is 16.5. The van der Waals surface area contributed by atoms with Gasteiger partial charge in [-0.1, -0.05) is 55.8 Å². The van der Waals surface area contributed by atoms with Crippen molar-refractivity contribution in [3.63, 3.8) is 0 Å². The predicted octanol–water partition coefficient (Wildman–Crippen LogP) is 4.88. The van der Waals surface area contributed by atoms with Gasteiger partial charge in [-0.05, 0) is 41.8 Å². The number of nitrogens with zero attached hydrogens (tertiary/aromatic N) is 2. The molecule has 0 saturated carbocycles.